The van der Waals surface area contributed by atoms with Gasteiger partial charge < -0.3 is 10.3 Å². The van der Waals surface area contributed by atoms with Crippen LogP contribution >= 0.6 is 0 Å². The van der Waals surface area contributed by atoms with Crippen LogP contribution in [0, 0.1) is 18.6 Å². The molecule has 1 atom stereocenters. The minimum absolute atomic E-state index is 0.0976. The molecule has 0 radical (unpaired) electrons. The number of H-pyrrole nitrogens is 1. The van der Waals surface area contributed by atoms with Gasteiger partial charge in [0.2, 0.25) is 5.91 Å². The summed E-state index contributed by atoms with van der Waals surface area (Å²) < 4.78 is 27.6. The molecule has 0 aliphatic rings. The van der Waals surface area contributed by atoms with Gasteiger partial charge in [-0.1, -0.05) is 18.2 Å². The Bertz CT molecular complexity index is 1150. The number of fused-ring (bicyclic) bond motifs is 1. The van der Waals surface area contributed by atoms with Crippen LogP contribution in [0.2, 0.25) is 0 Å². The van der Waals surface area contributed by atoms with Crippen LogP contribution in [0.1, 0.15) is 24.1 Å². The van der Waals surface area contributed by atoms with Crippen molar-refractivity contribution in [1.82, 2.24) is 14.9 Å². The number of amides is 1. The van der Waals surface area contributed by atoms with Crippen LogP contribution in [-0.4, -0.2) is 15.5 Å². The Morgan fingerprint density at radius 1 is 1.22 bits per heavy atom. The van der Waals surface area contributed by atoms with E-state index in [1.165, 1.54) is 13.0 Å². The first-order chi connectivity index (χ1) is 12.8. The number of aryl methyl sites for hydroxylation is 1. The summed E-state index contributed by atoms with van der Waals surface area (Å²) in [6.45, 7) is 2.73. The van der Waals surface area contributed by atoms with Crippen molar-refractivity contribution in [2.24, 2.45) is 0 Å². The Balaban J connectivity index is 1.87. The largest absolute Gasteiger partial charge is 0.348 e. The highest BCUT2D eigenvalue weighted by Crippen LogP contribution is 2.17. The zero-order chi connectivity index (χ0) is 19.7. The van der Waals surface area contributed by atoms with Gasteiger partial charge in [0.25, 0.3) is 5.56 Å². The van der Waals surface area contributed by atoms with Gasteiger partial charge in [-0.2, -0.15) is 0 Å². The third-order valence-electron chi connectivity index (χ3n) is 4.33. The fourth-order valence-corrected chi connectivity index (χ4v) is 2.97. The number of rotatable bonds is 4. The average Bonchev–Trinajstić information content (AvgIpc) is 2.58. The van der Waals surface area contributed by atoms with E-state index >= 15 is 0 Å². The zero-order valence-corrected chi connectivity index (χ0v) is 14.7. The normalized spacial score (nSPS) is 12.1. The third kappa shape index (κ3) is 3.64. The molecule has 2 aromatic carbocycles. The van der Waals surface area contributed by atoms with E-state index in [9.17, 15) is 23.2 Å². The van der Waals surface area contributed by atoms with Crippen LogP contribution in [0.4, 0.5) is 8.78 Å². The van der Waals surface area contributed by atoms with E-state index in [-0.39, 0.29) is 5.56 Å². The number of halogens is 2. The van der Waals surface area contributed by atoms with Crippen molar-refractivity contribution in [3.8, 4) is 0 Å². The molecule has 0 fully saturated rings. The van der Waals surface area contributed by atoms with Crippen LogP contribution in [0.15, 0.2) is 46.0 Å². The second kappa shape index (κ2) is 7.14. The number of nitrogens with zero attached hydrogens (tertiary/aromatic N) is 1. The highest BCUT2D eigenvalue weighted by Gasteiger charge is 2.17. The molecule has 0 bridgehead atoms. The van der Waals surface area contributed by atoms with Crippen molar-refractivity contribution < 1.29 is 13.6 Å². The lowest BCUT2D eigenvalue weighted by Crippen LogP contribution is -2.41. The first-order valence-electron chi connectivity index (χ1n) is 8.24. The summed E-state index contributed by atoms with van der Waals surface area (Å²) in [5, 5.41) is 2.83. The van der Waals surface area contributed by atoms with Gasteiger partial charge in [-0.3, -0.25) is 14.2 Å². The van der Waals surface area contributed by atoms with E-state index in [0.29, 0.717) is 16.5 Å². The smallest absolute Gasteiger partial charge is 0.329 e. The van der Waals surface area contributed by atoms with Crippen molar-refractivity contribution in [3.05, 3.63) is 80.0 Å². The van der Waals surface area contributed by atoms with Gasteiger partial charge in [0.05, 0.1) is 16.9 Å². The number of aromatic amines is 1. The highest BCUT2D eigenvalue weighted by atomic mass is 19.1. The molecule has 1 amide bonds. The lowest BCUT2D eigenvalue weighted by atomic mass is 10.1. The van der Waals surface area contributed by atoms with Crippen LogP contribution in [0.3, 0.4) is 0 Å². The standard InChI is InChI=1S/C19H17F2N3O3/c1-10-4-3-5-15-17(10)18(26)24(19(27)23-15)9-16(25)22-11(2)13-7-6-12(20)8-14(13)21/h3-8,11H,9H2,1-2H3,(H,22,25)(H,23,27)/t11-/m0/s1. The Morgan fingerprint density at radius 2 is 1.96 bits per heavy atom. The molecular formula is C19H17F2N3O3. The molecule has 140 valence electrons. The summed E-state index contributed by atoms with van der Waals surface area (Å²) in [5.74, 6) is -2.16. The molecule has 0 unspecified atom stereocenters. The lowest BCUT2D eigenvalue weighted by Gasteiger charge is -2.15. The number of aromatic nitrogens is 2. The predicted octanol–water partition coefficient (Wildman–Crippen LogP) is 2.15. The Morgan fingerprint density at radius 3 is 2.67 bits per heavy atom. The SMILES string of the molecule is Cc1cccc2[nH]c(=O)n(CC(=O)N[C@@H](C)c3ccc(F)cc3F)c(=O)c12. The maximum atomic E-state index is 13.8. The average molecular weight is 373 g/mol. The summed E-state index contributed by atoms with van der Waals surface area (Å²) in [5.41, 5.74) is -0.134. The topological polar surface area (TPSA) is 84.0 Å². The van der Waals surface area contributed by atoms with E-state index < -0.39 is 41.4 Å². The third-order valence-corrected chi connectivity index (χ3v) is 4.33. The fourth-order valence-electron chi connectivity index (χ4n) is 2.97. The number of benzene rings is 2. The molecule has 0 spiro atoms. The van der Waals surface area contributed by atoms with E-state index in [1.807, 2.05) is 0 Å². The lowest BCUT2D eigenvalue weighted by molar-refractivity contribution is -0.122. The zero-order valence-electron chi connectivity index (χ0n) is 14.7. The molecular weight excluding hydrogens is 356 g/mol. The molecule has 0 saturated heterocycles. The van der Waals surface area contributed by atoms with Crippen molar-refractivity contribution in [2.45, 2.75) is 26.4 Å². The number of carbonyl (C=O) groups is 1. The van der Waals surface area contributed by atoms with Gasteiger partial charge >= 0.3 is 5.69 Å². The van der Waals surface area contributed by atoms with Gasteiger partial charge in [-0.05, 0) is 31.5 Å². The summed E-state index contributed by atoms with van der Waals surface area (Å²) in [6, 6.07) is 7.31. The van der Waals surface area contributed by atoms with Gasteiger partial charge in [-0.25, -0.2) is 13.6 Å². The Hall–Kier alpha value is -3.29. The van der Waals surface area contributed by atoms with Gasteiger partial charge in [0.15, 0.2) is 0 Å². The van der Waals surface area contributed by atoms with Crippen LogP contribution in [-0.2, 0) is 11.3 Å². The molecule has 1 aromatic heterocycles. The molecule has 3 aromatic rings. The number of carbonyl (C=O) groups excluding carboxylic acids is 1. The quantitative estimate of drug-likeness (QED) is 0.735. The van der Waals surface area contributed by atoms with E-state index in [2.05, 4.69) is 10.3 Å². The van der Waals surface area contributed by atoms with Gasteiger partial charge in [-0.15, -0.1) is 0 Å². The molecule has 3 rings (SSSR count). The van der Waals surface area contributed by atoms with E-state index in [4.69, 9.17) is 0 Å². The summed E-state index contributed by atoms with van der Waals surface area (Å²) in [7, 11) is 0. The summed E-state index contributed by atoms with van der Waals surface area (Å²) in [4.78, 5) is 39.6. The Kier molecular flexibility index (Phi) is 4.89. The molecule has 0 aliphatic heterocycles. The van der Waals surface area contributed by atoms with Crippen molar-refractivity contribution in [1.29, 1.82) is 0 Å². The maximum Gasteiger partial charge on any atom is 0.329 e. The molecule has 6 nitrogen and oxygen atoms in total. The number of nitrogens with one attached hydrogen (secondary N) is 2. The van der Waals surface area contributed by atoms with Crippen molar-refractivity contribution in [3.63, 3.8) is 0 Å². The summed E-state index contributed by atoms with van der Waals surface area (Å²) >= 11 is 0. The molecule has 2 N–H and O–H groups in total. The minimum Gasteiger partial charge on any atom is -0.348 e. The molecule has 27 heavy (non-hydrogen) atoms. The second-order valence-corrected chi connectivity index (χ2v) is 6.27. The van der Waals surface area contributed by atoms with Crippen LogP contribution in [0.5, 0.6) is 0 Å². The minimum atomic E-state index is -0.792. The van der Waals surface area contributed by atoms with E-state index in [1.54, 1.807) is 25.1 Å². The monoisotopic (exact) mass is 373 g/mol. The van der Waals surface area contributed by atoms with E-state index in [0.717, 1.165) is 16.7 Å². The number of hydrogen-bond donors (Lipinski definition) is 2. The molecule has 8 heteroatoms. The second-order valence-electron chi connectivity index (χ2n) is 6.27. The molecule has 0 saturated carbocycles. The van der Waals surface area contributed by atoms with Crippen molar-refractivity contribution in [2.75, 3.05) is 0 Å². The molecule has 0 aliphatic carbocycles. The summed E-state index contributed by atoms with van der Waals surface area (Å²) in [6.07, 6.45) is 0. The highest BCUT2D eigenvalue weighted by molar-refractivity contribution is 5.81. The van der Waals surface area contributed by atoms with Crippen LogP contribution < -0.4 is 16.6 Å². The first kappa shape index (κ1) is 18.5. The Labute approximate surface area is 152 Å². The van der Waals surface area contributed by atoms with Gasteiger partial charge in [0, 0.05) is 11.6 Å². The van der Waals surface area contributed by atoms with Crippen LogP contribution in [0.25, 0.3) is 10.9 Å². The first-order valence-corrected chi connectivity index (χ1v) is 8.24. The van der Waals surface area contributed by atoms with Crippen molar-refractivity contribution >= 4 is 16.8 Å². The molecule has 1 heterocycles. The maximum absolute atomic E-state index is 13.8. The van der Waals surface area contributed by atoms with Gasteiger partial charge in [0.1, 0.15) is 18.2 Å². The predicted molar refractivity (Wildman–Crippen MR) is 96.5 cm³/mol. The number of hydrogen-bond acceptors (Lipinski definition) is 3. The fraction of sp³-hybridized carbons (Fsp3) is 0.211.